The number of ether oxygens (including phenoxy) is 1. The fourth-order valence-electron chi connectivity index (χ4n) is 4.44. The molecule has 1 amide bonds. The first-order chi connectivity index (χ1) is 15.6. The molecule has 5 nitrogen and oxygen atoms in total. The van der Waals surface area contributed by atoms with E-state index in [1.807, 2.05) is 35.2 Å². The molecule has 3 aromatic rings. The number of benzene rings is 2. The molecule has 2 aromatic carbocycles. The number of hydrogen-bond acceptors (Lipinski definition) is 3. The van der Waals surface area contributed by atoms with Gasteiger partial charge in [0.25, 0.3) is 0 Å². The number of halogens is 1. The molecule has 1 aliphatic rings. The van der Waals surface area contributed by atoms with Crippen LogP contribution in [0.5, 0.6) is 11.6 Å². The fraction of sp³-hybridized carbons (Fsp3) is 0.385. The molecule has 0 bridgehead atoms. The van der Waals surface area contributed by atoms with Crippen molar-refractivity contribution in [1.82, 2.24) is 14.7 Å². The number of hydrogen-bond donors (Lipinski definition) is 0. The Balaban J connectivity index is 1.74. The van der Waals surface area contributed by atoms with Crippen LogP contribution >= 0.6 is 0 Å². The van der Waals surface area contributed by atoms with Crippen LogP contribution in [0, 0.1) is 11.7 Å². The molecule has 1 aliphatic carbocycles. The van der Waals surface area contributed by atoms with Crippen molar-refractivity contribution in [2.45, 2.75) is 45.6 Å². The monoisotopic (exact) mass is 435 g/mol. The van der Waals surface area contributed by atoms with E-state index in [0.29, 0.717) is 19.0 Å². The molecule has 1 aromatic heterocycles. The van der Waals surface area contributed by atoms with Crippen molar-refractivity contribution in [3.63, 3.8) is 0 Å². The minimum absolute atomic E-state index is 0.0920. The zero-order valence-corrected chi connectivity index (χ0v) is 18.8. The number of nitrogens with zero attached hydrogens (tertiary/aromatic N) is 3. The van der Waals surface area contributed by atoms with E-state index in [1.54, 1.807) is 29.9 Å². The van der Waals surface area contributed by atoms with Gasteiger partial charge in [0.05, 0.1) is 12.1 Å². The molecular formula is C26H30FN3O2. The molecule has 4 rings (SSSR count). The van der Waals surface area contributed by atoms with Gasteiger partial charge in [0, 0.05) is 25.1 Å². The number of amides is 1. The maximum atomic E-state index is 14.4. The lowest BCUT2D eigenvalue weighted by atomic mass is 10.0. The summed E-state index contributed by atoms with van der Waals surface area (Å²) in [7, 11) is 1.79. The van der Waals surface area contributed by atoms with Gasteiger partial charge in [-0.3, -0.25) is 4.79 Å². The summed E-state index contributed by atoms with van der Waals surface area (Å²) in [4.78, 5) is 15.2. The van der Waals surface area contributed by atoms with E-state index in [1.165, 1.54) is 6.07 Å². The van der Waals surface area contributed by atoms with Crippen LogP contribution < -0.4 is 4.74 Å². The van der Waals surface area contributed by atoms with Crippen LogP contribution in [-0.4, -0.2) is 27.1 Å². The number of aromatic nitrogens is 2. The third-order valence-corrected chi connectivity index (χ3v) is 6.04. The Morgan fingerprint density at radius 3 is 2.50 bits per heavy atom. The minimum Gasteiger partial charge on any atom is -0.436 e. The first-order valence-corrected chi connectivity index (χ1v) is 11.4. The molecule has 0 atom stereocenters. The van der Waals surface area contributed by atoms with E-state index in [2.05, 4.69) is 6.92 Å². The van der Waals surface area contributed by atoms with Crippen LogP contribution in [0.25, 0.3) is 11.3 Å². The van der Waals surface area contributed by atoms with E-state index in [0.717, 1.165) is 48.9 Å². The van der Waals surface area contributed by atoms with Crippen LogP contribution in [0.1, 0.15) is 44.6 Å². The summed E-state index contributed by atoms with van der Waals surface area (Å²) in [6.45, 7) is 3.12. The second-order valence-electron chi connectivity index (χ2n) is 8.40. The van der Waals surface area contributed by atoms with Gasteiger partial charge in [0.15, 0.2) is 11.6 Å². The molecule has 168 valence electrons. The first kappa shape index (κ1) is 22.1. The van der Waals surface area contributed by atoms with Crippen molar-refractivity contribution >= 4 is 5.91 Å². The summed E-state index contributed by atoms with van der Waals surface area (Å²) >= 11 is 0. The normalized spacial score (nSPS) is 14.0. The van der Waals surface area contributed by atoms with Crippen molar-refractivity contribution in [3.8, 4) is 22.9 Å². The predicted octanol–water partition coefficient (Wildman–Crippen LogP) is 5.95. The smallest absolute Gasteiger partial charge is 0.225 e. The Hall–Kier alpha value is -3.15. The van der Waals surface area contributed by atoms with E-state index in [4.69, 9.17) is 9.84 Å². The second kappa shape index (κ2) is 9.98. The van der Waals surface area contributed by atoms with Gasteiger partial charge in [-0.25, -0.2) is 9.07 Å². The first-order valence-electron chi connectivity index (χ1n) is 11.4. The van der Waals surface area contributed by atoms with Crippen molar-refractivity contribution in [1.29, 1.82) is 0 Å². The van der Waals surface area contributed by atoms with Crippen LogP contribution in [0.4, 0.5) is 4.39 Å². The fourth-order valence-corrected chi connectivity index (χ4v) is 4.44. The summed E-state index contributed by atoms with van der Waals surface area (Å²) in [5, 5.41) is 4.71. The highest BCUT2D eigenvalue weighted by atomic mass is 19.1. The van der Waals surface area contributed by atoms with Crippen molar-refractivity contribution < 1.29 is 13.9 Å². The quantitative estimate of drug-likeness (QED) is 0.439. The Kier molecular flexibility index (Phi) is 6.88. The SMILES string of the molecule is CCCN(Cc1c(-c2ccccc2)nn(C)c1Oc1ccccc1F)C(=O)C1CCCC1. The maximum absolute atomic E-state index is 14.4. The van der Waals surface area contributed by atoms with Crippen molar-refractivity contribution in [2.24, 2.45) is 13.0 Å². The van der Waals surface area contributed by atoms with Gasteiger partial charge in [-0.05, 0) is 31.4 Å². The number of rotatable bonds is 8. The second-order valence-corrected chi connectivity index (χ2v) is 8.40. The van der Waals surface area contributed by atoms with Gasteiger partial charge >= 0.3 is 0 Å². The largest absolute Gasteiger partial charge is 0.436 e. The molecule has 0 N–H and O–H groups in total. The molecule has 0 spiro atoms. The average molecular weight is 436 g/mol. The van der Waals surface area contributed by atoms with Crippen LogP contribution in [0.3, 0.4) is 0 Å². The number of para-hydroxylation sites is 1. The highest BCUT2D eigenvalue weighted by Crippen LogP contribution is 2.36. The molecule has 0 aliphatic heterocycles. The van der Waals surface area contributed by atoms with Crippen LogP contribution in [-0.2, 0) is 18.4 Å². The Labute approximate surface area is 188 Å². The third kappa shape index (κ3) is 4.69. The molecule has 32 heavy (non-hydrogen) atoms. The van der Waals surface area contributed by atoms with Gasteiger partial charge in [-0.2, -0.15) is 5.10 Å². The summed E-state index contributed by atoms with van der Waals surface area (Å²) in [6, 6.07) is 16.2. The third-order valence-electron chi connectivity index (χ3n) is 6.04. The lowest BCUT2D eigenvalue weighted by Gasteiger charge is -2.26. The summed E-state index contributed by atoms with van der Waals surface area (Å²) in [5.74, 6) is 0.446. The van der Waals surface area contributed by atoms with Gasteiger partial charge in [0.1, 0.15) is 5.69 Å². The highest BCUT2D eigenvalue weighted by molar-refractivity contribution is 5.79. The maximum Gasteiger partial charge on any atom is 0.225 e. The number of carbonyl (C=O) groups is 1. The Morgan fingerprint density at radius 2 is 1.81 bits per heavy atom. The van der Waals surface area contributed by atoms with Crippen LogP contribution in [0.2, 0.25) is 0 Å². The molecular weight excluding hydrogens is 405 g/mol. The summed E-state index contributed by atoms with van der Waals surface area (Å²) in [5.41, 5.74) is 2.48. The zero-order chi connectivity index (χ0) is 22.5. The number of carbonyl (C=O) groups excluding carboxylic acids is 1. The topological polar surface area (TPSA) is 47.4 Å². The van der Waals surface area contributed by atoms with Gasteiger partial charge in [-0.15, -0.1) is 0 Å². The molecule has 6 heteroatoms. The van der Waals surface area contributed by atoms with Gasteiger partial charge in [-0.1, -0.05) is 62.2 Å². The Bertz CT molecular complexity index is 1060. The zero-order valence-electron chi connectivity index (χ0n) is 18.8. The van der Waals surface area contributed by atoms with Crippen molar-refractivity contribution in [2.75, 3.05) is 6.54 Å². The molecule has 0 radical (unpaired) electrons. The van der Waals surface area contributed by atoms with E-state index in [-0.39, 0.29) is 17.6 Å². The number of aryl methyl sites for hydroxylation is 1. The van der Waals surface area contributed by atoms with Crippen molar-refractivity contribution in [3.05, 3.63) is 66.0 Å². The lowest BCUT2D eigenvalue weighted by molar-refractivity contribution is -0.136. The minimum atomic E-state index is -0.437. The molecule has 0 unspecified atom stereocenters. The molecule has 1 fully saturated rings. The predicted molar refractivity (Wildman–Crippen MR) is 123 cm³/mol. The van der Waals surface area contributed by atoms with E-state index >= 15 is 0 Å². The Morgan fingerprint density at radius 1 is 1.12 bits per heavy atom. The molecule has 1 heterocycles. The van der Waals surface area contributed by atoms with Crippen LogP contribution in [0.15, 0.2) is 54.6 Å². The standard InChI is InChI=1S/C26H30FN3O2/c1-3-17-30(25(31)20-13-7-8-14-20)18-21-24(19-11-5-4-6-12-19)28-29(2)26(21)32-23-16-10-9-15-22(23)27/h4-6,9-12,15-16,20H,3,7-8,13-14,17-18H2,1-2H3. The summed E-state index contributed by atoms with van der Waals surface area (Å²) in [6.07, 6.45) is 5.00. The summed E-state index contributed by atoms with van der Waals surface area (Å²) < 4.78 is 22.0. The van der Waals surface area contributed by atoms with E-state index in [9.17, 15) is 9.18 Å². The molecule has 0 saturated heterocycles. The van der Waals surface area contributed by atoms with Gasteiger partial charge in [0.2, 0.25) is 11.8 Å². The van der Waals surface area contributed by atoms with Gasteiger partial charge < -0.3 is 9.64 Å². The highest BCUT2D eigenvalue weighted by Gasteiger charge is 2.30. The molecule has 1 saturated carbocycles. The lowest BCUT2D eigenvalue weighted by Crippen LogP contribution is -2.35. The average Bonchev–Trinajstić information content (AvgIpc) is 3.45. The van der Waals surface area contributed by atoms with E-state index < -0.39 is 5.82 Å².